The topological polar surface area (TPSA) is 52.1 Å². The molecule has 4 heteroatoms. The highest BCUT2D eigenvalue weighted by molar-refractivity contribution is 5.85. The molecule has 0 spiro atoms. The molecular weight excluding hydrogens is 204 g/mol. The van der Waals surface area contributed by atoms with E-state index >= 15 is 0 Å². The minimum Gasteiger partial charge on any atom is -0.478 e. The summed E-state index contributed by atoms with van der Waals surface area (Å²) in [5.41, 5.74) is 0.370. The Hall–Kier alpha value is -1.45. The summed E-state index contributed by atoms with van der Waals surface area (Å²) in [4.78, 5) is 19.8. The van der Waals surface area contributed by atoms with Crippen LogP contribution in [-0.4, -0.2) is 22.4 Å². The monoisotopic (exact) mass is 222 g/mol. The van der Waals surface area contributed by atoms with Gasteiger partial charge in [-0.25, -0.2) is 9.97 Å². The molecule has 0 bridgehead atoms. The molecule has 0 aliphatic carbocycles. The summed E-state index contributed by atoms with van der Waals surface area (Å²) in [5.74, 6) is 0.683. The summed E-state index contributed by atoms with van der Waals surface area (Å²) in [6.07, 6.45) is 1.75. The summed E-state index contributed by atoms with van der Waals surface area (Å²) in [6, 6.07) is 1.72. The van der Waals surface area contributed by atoms with Crippen LogP contribution in [0.3, 0.4) is 0 Å². The van der Waals surface area contributed by atoms with E-state index in [-0.39, 0.29) is 11.2 Å². The first-order chi connectivity index (χ1) is 7.43. The van der Waals surface area contributed by atoms with Crippen LogP contribution >= 0.6 is 0 Å². The fourth-order valence-corrected chi connectivity index (χ4v) is 1.13. The predicted octanol–water partition coefficient (Wildman–Crippen LogP) is 2.03. The number of nitrogens with zero attached hydrogens (tertiary/aromatic N) is 2. The Morgan fingerprint density at radius 3 is 2.62 bits per heavy atom. The summed E-state index contributed by atoms with van der Waals surface area (Å²) in [5, 5.41) is 0. The van der Waals surface area contributed by atoms with E-state index < -0.39 is 0 Å². The first-order valence-corrected chi connectivity index (χ1v) is 5.40. The van der Waals surface area contributed by atoms with Gasteiger partial charge in [0.15, 0.2) is 0 Å². The fraction of sp³-hybridized carbons (Fsp3) is 0.583. The van der Waals surface area contributed by atoms with Crippen LogP contribution in [-0.2, 0) is 11.2 Å². The van der Waals surface area contributed by atoms with Gasteiger partial charge in [-0.05, 0) is 6.92 Å². The molecule has 0 atom stereocenters. The van der Waals surface area contributed by atoms with E-state index in [2.05, 4.69) is 9.97 Å². The SMILES string of the molecule is CCOc1cc(CC(=O)C(C)(C)C)ncn1. The molecule has 0 fully saturated rings. The lowest BCUT2D eigenvalue weighted by molar-refractivity contribution is -0.125. The number of carbonyl (C=O) groups is 1. The molecule has 0 aliphatic heterocycles. The smallest absolute Gasteiger partial charge is 0.216 e. The van der Waals surface area contributed by atoms with Crippen LogP contribution < -0.4 is 4.74 Å². The van der Waals surface area contributed by atoms with Gasteiger partial charge >= 0.3 is 0 Å². The first kappa shape index (κ1) is 12.6. The van der Waals surface area contributed by atoms with Crippen LogP contribution in [0.25, 0.3) is 0 Å². The normalized spacial score (nSPS) is 11.2. The first-order valence-electron chi connectivity index (χ1n) is 5.40. The molecule has 0 radical (unpaired) electrons. The van der Waals surface area contributed by atoms with Crippen LogP contribution in [0.2, 0.25) is 0 Å². The van der Waals surface area contributed by atoms with Crippen molar-refractivity contribution in [3.8, 4) is 5.88 Å². The fourth-order valence-electron chi connectivity index (χ4n) is 1.13. The Kier molecular flexibility index (Phi) is 3.99. The zero-order chi connectivity index (χ0) is 12.2. The number of carbonyl (C=O) groups excluding carboxylic acids is 1. The summed E-state index contributed by atoms with van der Waals surface area (Å²) >= 11 is 0. The Balaban J connectivity index is 2.74. The van der Waals surface area contributed by atoms with Crippen LogP contribution in [0.5, 0.6) is 5.88 Å². The maximum Gasteiger partial charge on any atom is 0.216 e. The maximum absolute atomic E-state index is 11.8. The summed E-state index contributed by atoms with van der Waals surface area (Å²) < 4.78 is 5.25. The van der Waals surface area contributed by atoms with Gasteiger partial charge in [0, 0.05) is 17.9 Å². The molecule has 0 N–H and O–H groups in total. The standard InChI is InChI=1S/C12H18N2O2/c1-5-16-11-7-9(13-8-14-11)6-10(15)12(2,3)4/h7-8H,5-6H2,1-4H3. The maximum atomic E-state index is 11.8. The number of rotatable bonds is 4. The van der Waals surface area contributed by atoms with Gasteiger partial charge in [0.25, 0.3) is 0 Å². The lowest BCUT2D eigenvalue weighted by Gasteiger charge is -2.16. The van der Waals surface area contributed by atoms with Crippen LogP contribution in [0.4, 0.5) is 0 Å². The molecule has 0 aliphatic rings. The highest BCUT2D eigenvalue weighted by Gasteiger charge is 2.21. The molecule has 1 heterocycles. The van der Waals surface area contributed by atoms with Crippen LogP contribution in [0, 0.1) is 5.41 Å². The van der Waals surface area contributed by atoms with Crippen molar-refractivity contribution < 1.29 is 9.53 Å². The molecule has 0 saturated carbocycles. The second-order valence-corrected chi connectivity index (χ2v) is 4.63. The molecule has 16 heavy (non-hydrogen) atoms. The predicted molar refractivity (Wildman–Crippen MR) is 61.4 cm³/mol. The molecule has 1 rings (SSSR count). The second-order valence-electron chi connectivity index (χ2n) is 4.63. The molecule has 0 amide bonds. The van der Waals surface area contributed by atoms with Gasteiger partial charge in [-0.1, -0.05) is 20.8 Å². The highest BCUT2D eigenvalue weighted by atomic mass is 16.5. The van der Waals surface area contributed by atoms with Gasteiger partial charge in [-0.3, -0.25) is 4.79 Å². The molecule has 88 valence electrons. The lowest BCUT2D eigenvalue weighted by atomic mass is 9.88. The zero-order valence-electron chi connectivity index (χ0n) is 10.3. The van der Waals surface area contributed by atoms with Crippen LogP contribution in [0.15, 0.2) is 12.4 Å². The van der Waals surface area contributed by atoms with Gasteiger partial charge in [0.05, 0.1) is 12.3 Å². The van der Waals surface area contributed by atoms with E-state index in [9.17, 15) is 4.79 Å². The van der Waals surface area contributed by atoms with E-state index in [4.69, 9.17) is 4.74 Å². The quantitative estimate of drug-likeness (QED) is 0.782. The van der Waals surface area contributed by atoms with Gasteiger partial charge in [0.2, 0.25) is 5.88 Å². The van der Waals surface area contributed by atoms with Crippen molar-refractivity contribution in [1.82, 2.24) is 9.97 Å². The van der Waals surface area contributed by atoms with Crippen molar-refractivity contribution in [2.75, 3.05) is 6.61 Å². The van der Waals surface area contributed by atoms with E-state index in [1.54, 1.807) is 6.07 Å². The van der Waals surface area contributed by atoms with Crippen molar-refractivity contribution in [2.24, 2.45) is 5.41 Å². The Morgan fingerprint density at radius 1 is 1.38 bits per heavy atom. The van der Waals surface area contributed by atoms with E-state index in [1.165, 1.54) is 6.33 Å². The Labute approximate surface area is 96.1 Å². The van der Waals surface area contributed by atoms with Gasteiger partial charge in [0.1, 0.15) is 12.1 Å². The zero-order valence-corrected chi connectivity index (χ0v) is 10.3. The molecule has 0 unspecified atom stereocenters. The average Bonchev–Trinajstić information content (AvgIpc) is 2.17. The number of ether oxygens (including phenoxy) is 1. The van der Waals surface area contributed by atoms with Crippen molar-refractivity contribution in [2.45, 2.75) is 34.1 Å². The highest BCUT2D eigenvalue weighted by Crippen LogP contribution is 2.18. The number of aromatic nitrogens is 2. The van der Waals surface area contributed by atoms with Crippen molar-refractivity contribution in [3.05, 3.63) is 18.1 Å². The van der Waals surface area contributed by atoms with Gasteiger partial charge in [-0.2, -0.15) is 0 Å². The summed E-state index contributed by atoms with van der Waals surface area (Å²) in [6.45, 7) is 8.16. The minimum atomic E-state index is -0.337. The largest absolute Gasteiger partial charge is 0.478 e. The number of hydrogen-bond acceptors (Lipinski definition) is 4. The second kappa shape index (κ2) is 5.05. The van der Waals surface area contributed by atoms with E-state index in [0.717, 1.165) is 0 Å². The minimum absolute atomic E-state index is 0.161. The van der Waals surface area contributed by atoms with E-state index in [1.807, 2.05) is 27.7 Å². The van der Waals surface area contributed by atoms with Gasteiger partial charge in [-0.15, -0.1) is 0 Å². The molecule has 0 saturated heterocycles. The Bertz CT molecular complexity index is 370. The molecule has 1 aromatic heterocycles. The number of Topliss-reactive ketones (excluding diaryl/α,β-unsaturated/α-hetero) is 1. The summed E-state index contributed by atoms with van der Waals surface area (Å²) in [7, 11) is 0. The van der Waals surface area contributed by atoms with Crippen molar-refractivity contribution >= 4 is 5.78 Å². The van der Waals surface area contributed by atoms with E-state index in [0.29, 0.717) is 24.6 Å². The third-order valence-electron chi connectivity index (χ3n) is 2.17. The number of hydrogen-bond donors (Lipinski definition) is 0. The Morgan fingerprint density at radius 2 is 2.06 bits per heavy atom. The molecule has 1 aromatic rings. The van der Waals surface area contributed by atoms with Crippen LogP contribution in [0.1, 0.15) is 33.4 Å². The molecule has 0 aromatic carbocycles. The van der Waals surface area contributed by atoms with Crippen molar-refractivity contribution in [3.63, 3.8) is 0 Å². The lowest BCUT2D eigenvalue weighted by Crippen LogP contribution is -2.22. The average molecular weight is 222 g/mol. The third kappa shape index (κ3) is 3.61. The number of ketones is 1. The molecule has 4 nitrogen and oxygen atoms in total. The van der Waals surface area contributed by atoms with Gasteiger partial charge < -0.3 is 4.74 Å². The van der Waals surface area contributed by atoms with Crippen molar-refractivity contribution in [1.29, 1.82) is 0 Å². The third-order valence-corrected chi connectivity index (χ3v) is 2.17. The molecular formula is C12H18N2O2.